The van der Waals surface area contributed by atoms with Gasteiger partial charge in [-0.25, -0.2) is 0 Å². The van der Waals surface area contributed by atoms with Crippen LogP contribution < -0.4 is 5.32 Å². The summed E-state index contributed by atoms with van der Waals surface area (Å²) in [4.78, 5) is 45.2. The lowest BCUT2D eigenvalue weighted by atomic mass is 9.84. The fourth-order valence-corrected chi connectivity index (χ4v) is 5.13. The van der Waals surface area contributed by atoms with Crippen LogP contribution in [-0.2, 0) is 19.1 Å². The molecule has 2 aliphatic heterocycles. The van der Waals surface area contributed by atoms with Crippen molar-refractivity contribution in [1.29, 1.82) is 0 Å². The Bertz CT molecular complexity index is 690. The van der Waals surface area contributed by atoms with Gasteiger partial charge in [0.05, 0.1) is 13.2 Å². The maximum atomic E-state index is 13.8. The highest BCUT2D eigenvalue weighted by Crippen LogP contribution is 2.26. The molecule has 2 rings (SSSR count). The number of nitrogens with zero attached hydrogens (tertiary/aromatic N) is 3. The third-order valence-corrected chi connectivity index (χ3v) is 7.35. The van der Waals surface area contributed by atoms with Gasteiger partial charge in [0.25, 0.3) is 0 Å². The van der Waals surface area contributed by atoms with E-state index >= 15 is 0 Å². The van der Waals surface area contributed by atoms with Gasteiger partial charge in [0.15, 0.2) is 0 Å². The van der Waals surface area contributed by atoms with E-state index in [0.29, 0.717) is 6.54 Å². The van der Waals surface area contributed by atoms with E-state index in [2.05, 4.69) is 29.0 Å². The molecule has 0 aromatic rings. The van der Waals surface area contributed by atoms with E-state index in [9.17, 15) is 14.4 Å². The fraction of sp³-hybridized carbons (Fsp3) is 0.880. The molecule has 0 aromatic carbocycles. The van der Waals surface area contributed by atoms with Crippen molar-refractivity contribution in [2.45, 2.75) is 90.9 Å². The largest absolute Gasteiger partial charge is 0.468 e. The zero-order chi connectivity index (χ0) is 24.9. The molecule has 2 amide bonds. The minimum absolute atomic E-state index is 0.0646. The van der Waals surface area contributed by atoms with E-state index < -0.39 is 11.5 Å². The molecular formula is C25H46N4O4. The number of ether oxygens (including phenoxy) is 1. The summed E-state index contributed by atoms with van der Waals surface area (Å²) in [5.41, 5.74) is -0.433. The number of esters is 1. The van der Waals surface area contributed by atoms with Crippen LogP contribution in [0.3, 0.4) is 0 Å². The minimum Gasteiger partial charge on any atom is -0.468 e. The van der Waals surface area contributed by atoms with Crippen LogP contribution in [0.4, 0.5) is 0 Å². The molecule has 1 N–H and O–H groups in total. The molecule has 1 unspecified atom stereocenters. The van der Waals surface area contributed by atoms with Crippen LogP contribution in [0.15, 0.2) is 0 Å². The number of likely N-dealkylation sites (N-methyl/N-ethyl adjacent to an activating group) is 2. The van der Waals surface area contributed by atoms with Gasteiger partial charge in [-0.3, -0.25) is 24.2 Å². The van der Waals surface area contributed by atoms with Crippen LogP contribution in [0.2, 0.25) is 0 Å². The summed E-state index contributed by atoms with van der Waals surface area (Å²) in [7, 11) is 5.23. The number of methoxy groups -OCH3 is 1. The Balaban J connectivity index is 2.17. The first-order valence-corrected chi connectivity index (χ1v) is 12.5. The van der Waals surface area contributed by atoms with Crippen molar-refractivity contribution in [2.24, 2.45) is 11.3 Å². The van der Waals surface area contributed by atoms with Crippen molar-refractivity contribution in [2.75, 3.05) is 40.8 Å². The Morgan fingerprint density at radius 3 is 2.24 bits per heavy atom. The molecule has 2 aliphatic rings. The second kappa shape index (κ2) is 11.6. The molecule has 0 aromatic heterocycles. The van der Waals surface area contributed by atoms with Crippen LogP contribution in [0.1, 0.15) is 66.7 Å². The molecule has 8 nitrogen and oxygen atoms in total. The number of piperidine rings is 1. The Hall–Kier alpha value is -1.67. The molecule has 0 spiro atoms. The molecule has 0 radical (unpaired) electrons. The lowest BCUT2D eigenvalue weighted by Gasteiger charge is -2.41. The first-order valence-electron chi connectivity index (χ1n) is 12.5. The lowest BCUT2D eigenvalue weighted by molar-refractivity contribution is -0.147. The summed E-state index contributed by atoms with van der Waals surface area (Å²) in [5, 5.41) is 3.10. The SMILES string of the molecule is COC(=O)[C@@H]1CCCN1C[C@H](C(C)C)N(C)C(=O)C(NC(=O)[C@H]1CCCCN1C)C(C)(C)C. The average molecular weight is 467 g/mol. The molecule has 0 saturated carbocycles. The van der Waals surface area contributed by atoms with Crippen molar-refractivity contribution < 1.29 is 19.1 Å². The zero-order valence-electron chi connectivity index (χ0n) is 22.0. The third kappa shape index (κ3) is 6.92. The summed E-state index contributed by atoms with van der Waals surface area (Å²) in [6.07, 6.45) is 4.68. The summed E-state index contributed by atoms with van der Waals surface area (Å²) in [5.74, 6) is -0.161. The van der Waals surface area contributed by atoms with Gasteiger partial charge in [-0.1, -0.05) is 41.0 Å². The molecule has 2 fully saturated rings. The van der Waals surface area contributed by atoms with Gasteiger partial charge in [-0.05, 0) is 57.2 Å². The van der Waals surface area contributed by atoms with E-state index in [1.54, 1.807) is 4.90 Å². The summed E-state index contributed by atoms with van der Waals surface area (Å²) >= 11 is 0. The Morgan fingerprint density at radius 1 is 1.06 bits per heavy atom. The Labute approximate surface area is 200 Å². The predicted molar refractivity (Wildman–Crippen MR) is 130 cm³/mol. The van der Waals surface area contributed by atoms with E-state index in [0.717, 1.165) is 45.2 Å². The standard InChI is InChI=1S/C25H46N4O4/c1-17(2)20(16-29-15-11-13-19(29)24(32)33-8)28(7)23(31)21(25(3,4)5)26-22(30)18-12-9-10-14-27(18)6/h17-21H,9-16H2,1-8H3,(H,26,30)/t18-,19+,20-,21?/m1/s1. The van der Waals surface area contributed by atoms with Gasteiger partial charge in [0.1, 0.15) is 12.1 Å². The quantitative estimate of drug-likeness (QED) is 0.552. The number of carbonyl (C=O) groups is 3. The molecule has 4 atom stereocenters. The number of likely N-dealkylation sites (tertiary alicyclic amines) is 2. The normalized spacial score (nSPS) is 24.4. The van der Waals surface area contributed by atoms with E-state index in [1.165, 1.54) is 7.11 Å². The number of carbonyl (C=O) groups excluding carboxylic acids is 3. The summed E-state index contributed by atoms with van der Waals surface area (Å²) in [6, 6.07) is -1.14. The molecular weight excluding hydrogens is 420 g/mol. The predicted octanol–water partition coefficient (Wildman–Crippen LogP) is 2.12. The van der Waals surface area contributed by atoms with E-state index in [1.807, 2.05) is 34.9 Å². The topological polar surface area (TPSA) is 82.2 Å². The van der Waals surface area contributed by atoms with Gasteiger partial charge >= 0.3 is 5.97 Å². The third-order valence-electron chi connectivity index (χ3n) is 7.35. The summed E-state index contributed by atoms with van der Waals surface area (Å²) in [6.45, 7) is 12.5. The van der Waals surface area contributed by atoms with Crippen LogP contribution in [0.25, 0.3) is 0 Å². The highest BCUT2D eigenvalue weighted by molar-refractivity contribution is 5.90. The first-order chi connectivity index (χ1) is 15.4. The molecule has 2 saturated heterocycles. The minimum atomic E-state index is -0.624. The second-order valence-electron chi connectivity index (χ2n) is 11.2. The summed E-state index contributed by atoms with van der Waals surface area (Å²) < 4.78 is 4.99. The van der Waals surface area contributed by atoms with Gasteiger partial charge in [-0.2, -0.15) is 0 Å². The molecule has 33 heavy (non-hydrogen) atoms. The smallest absolute Gasteiger partial charge is 0.323 e. The van der Waals surface area contributed by atoms with Crippen molar-refractivity contribution in [3.05, 3.63) is 0 Å². The highest BCUT2D eigenvalue weighted by Gasteiger charge is 2.41. The molecule has 2 heterocycles. The molecule has 8 heteroatoms. The van der Waals surface area contributed by atoms with Crippen molar-refractivity contribution in [3.63, 3.8) is 0 Å². The monoisotopic (exact) mass is 466 g/mol. The highest BCUT2D eigenvalue weighted by atomic mass is 16.5. The van der Waals surface area contributed by atoms with Gasteiger partial charge < -0.3 is 15.0 Å². The van der Waals surface area contributed by atoms with E-state index in [-0.39, 0.29) is 41.8 Å². The van der Waals surface area contributed by atoms with Crippen molar-refractivity contribution in [1.82, 2.24) is 20.0 Å². The number of rotatable bonds is 8. The average Bonchev–Trinajstić information content (AvgIpc) is 3.21. The Kier molecular flexibility index (Phi) is 9.73. The van der Waals surface area contributed by atoms with E-state index in [4.69, 9.17) is 4.74 Å². The zero-order valence-corrected chi connectivity index (χ0v) is 22.0. The fourth-order valence-electron chi connectivity index (χ4n) is 5.13. The van der Waals surface area contributed by atoms with Gasteiger partial charge in [0, 0.05) is 19.6 Å². The maximum absolute atomic E-state index is 13.8. The van der Waals surface area contributed by atoms with Crippen LogP contribution >= 0.6 is 0 Å². The molecule has 0 bridgehead atoms. The number of hydrogen-bond donors (Lipinski definition) is 1. The van der Waals surface area contributed by atoms with Gasteiger partial charge in [-0.15, -0.1) is 0 Å². The van der Waals surface area contributed by atoms with Gasteiger partial charge in [0.2, 0.25) is 11.8 Å². The number of hydrogen-bond acceptors (Lipinski definition) is 6. The van der Waals surface area contributed by atoms with Crippen molar-refractivity contribution in [3.8, 4) is 0 Å². The van der Waals surface area contributed by atoms with Crippen LogP contribution in [0.5, 0.6) is 0 Å². The molecule has 190 valence electrons. The number of nitrogens with one attached hydrogen (secondary N) is 1. The Morgan fingerprint density at radius 2 is 1.70 bits per heavy atom. The molecule has 0 aliphatic carbocycles. The second-order valence-corrected chi connectivity index (χ2v) is 11.2. The maximum Gasteiger partial charge on any atom is 0.323 e. The first kappa shape index (κ1) is 27.6. The van der Waals surface area contributed by atoms with Crippen molar-refractivity contribution >= 4 is 17.8 Å². The lowest BCUT2D eigenvalue weighted by Crippen LogP contribution is -2.61. The number of amides is 2. The van der Waals surface area contributed by atoms with Crippen LogP contribution in [0, 0.1) is 11.3 Å². The van der Waals surface area contributed by atoms with Crippen LogP contribution in [-0.4, -0.2) is 97.5 Å².